The van der Waals surface area contributed by atoms with Crippen molar-refractivity contribution >= 4 is 43.5 Å². The Labute approximate surface area is 204 Å². The minimum Gasteiger partial charge on any atom is -0.497 e. The number of methoxy groups -OCH3 is 1. The minimum atomic E-state index is -0.785. The molecule has 1 heterocycles. The first-order valence-corrected chi connectivity index (χ1v) is 11.9. The molecule has 3 atom stereocenters. The summed E-state index contributed by atoms with van der Waals surface area (Å²) in [5.74, 6) is 0.384. The van der Waals surface area contributed by atoms with Crippen molar-refractivity contribution in [3.63, 3.8) is 0 Å². The van der Waals surface area contributed by atoms with Crippen LogP contribution in [-0.2, 0) is 14.3 Å². The topological polar surface area (TPSA) is 48.0 Å². The van der Waals surface area contributed by atoms with E-state index < -0.39 is 12.3 Å². The van der Waals surface area contributed by atoms with Gasteiger partial charge in [-0.15, -0.1) is 0 Å². The number of carbonyl (C=O) groups excluding carboxylic acids is 1. The molecule has 4 rings (SSSR count). The summed E-state index contributed by atoms with van der Waals surface area (Å²) in [6.07, 6.45) is -1.26. The Bertz CT molecular complexity index is 1050. The van der Waals surface area contributed by atoms with Gasteiger partial charge in [0.25, 0.3) is 0 Å². The number of hydrogen-bond acceptors (Lipinski definition) is 5. The van der Waals surface area contributed by atoms with Crippen molar-refractivity contribution < 1.29 is 19.0 Å². The molecule has 1 fully saturated rings. The van der Waals surface area contributed by atoms with Crippen molar-refractivity contribution in [1.82, 2.24) is 0 Å². The van der Waals surface area contributed by atoms with E-state index in [-0.39, 0.29) is 18.6 Å². The number of hydrogen-bond donors (Lipinski definition) is 0. The summed E-state index contributed by atoms with van der Waals surface area (Å²) >= 11 is 6.99. The van der Waals surface area contributed by atoms with Crippen molar-refractivity contribution in [2.45, 2.75) is 25.3 Å². The molecule has 3 aromatic carbocycles. The van der Waals surface area contributed by atoms with E-state index >= 15 is 0 Å². The third kappa shape index (κ3) is 4.70. The van der Waals surface area contributed by atoms with Crippen LogP contribution in [0.15, 0.2) is 81.7 Å². The summed E-state index contributed by atoms with van der Waals surface area (Å²) < 4.78 is 19.1. The Kier molecular flexibility index (Phi) is 7.18. The van der Waals surface area contributed by atoms with Gasteiger partial charge in [-0.25, -0.2) is 4.79 Å². The van der Waals surface area contributed by atoms with Gasteiger partial charge in [0.15, 0.2) is 12.3 Å². The Hall–Kier alpha value is -2.35. The molecular formula is C25H23Br2NO4. The lowest BCUT2D eigenvalue weighted by Crippen LogP contribution is -2.33. The highest BCUT2D eigenvalue weighted by Gasteiger charge is 2.48. The predicted octanol–water partition coefficient (Wildman–Crippen LogP) is 6.43. The van der Waals surface area contributed by atoms with Crippen molar-refractivity contribution in [1.29, 1.82) is 0 Å². The van der Waals surface area contributed by atoms with Gasteiger partial charge >= 0.3 is 5.97 Å². The van der Waals surface area contributed by atoms with Gasteiger partial charge in [-0.2, -0.15) is 0 Å². The highest BCUT2D eigenvalue weighted by atomic mass is 79.9. The summed E-state index contributed by atoms with van der Waals surface area (Å²) in [6.45, 7) is 2.09. The van der Waals surface area contributed by atoms with Crippen molar-refractivity contribution in [2.75, 3.05) is 18.6 Å². The highest BCUT2D eigenvalue weighted by Crippen LogP contribution is 2.47. The molecule has 1 saturated heterocycles. The summed E-state index contributed by atoms with van der Waals surface area (Å²) in [5.41, 5.74) is 2.82. The molecule has 0 aromatic heterocycles. The van der Waals surface area contributed by atoms with E-state index in [1.165, 1.54) is 0 Å². The molecule has 32 heavy (non-hydrogen) atoms. The lowest BCUT2D eigenvalue weighted by atomic mass is 9.99. The lowest BCUT2D eigenvalue weighted by Gasteiger charge is -2.31. The van der Waals surface area contributed by atoms with Gasteiger partial charge in [-0.1, -0.05) is 56.1 Å². The van der Waals surface area contributed by atoms with Gasteiger partial charge < -0.3 is 19.1 Å². The normalized spacial score (nSPS) is 20.2. The Morgan fingerprint density at radius 2 is 1.47 bits per heavy atom. The monoisotopic (exact) mass is 559 g/mol. The van der Waals surface area contributed by atoms with Crippen LogP contribution in [0.25, 0.3) is 0 Å². The van der Waals surface area contributed by atoms with Gasteiger partial charge in [0.05, 0.1) is 19.8 Å². The number of carbonyl (C=O) groups is 1. The molecule has 1 aliphatic rings. The molecule has 0 saturated carbocycles. The van der Waals surface area contributed by atoms with Crippen LogP contribution in [0.5, 0.6) is 5.75 Å². The smallest absolute Gasteiger partial charge is 0.337 e. The Morgan fingerprint density at radius 1 is 0.906 bits per heavy atom. The second-order valence-corrected chi connectivity index (χ2v) is 9.15. The fraction of sp³-hybridized carbons (Fsp3) is 0.240. The summed E-state index contributed by atoms with van der Waals surface area (Å²) in [6, 6.07) is 23.3. The van der Waals surface area contributed by atoms with Gasteiger partial charge in [-0.3, -0.25) is 0 Å². The maximum Gasteiger partial charge on any atom is 0.337 e. The van der Waals surface area contributed by atoms with Crippen LogP contribution in [0.1, 0.15) is 30.3 Å². The van der Waals surface area contributed by atoms with Crippen LogP contribution in [0.3, 0.4) is 0 Å². The minimum absolute atomic E-state index is 0.289. The molecule has 0 unspecified atom stereocenters. The third-order valence-corrected chi connectivity index (χ3v) is 6.43. The summed E-state index contributed by atoms with van der Waals surface area (Å²) in [5, 5.41) is 0. The van der Waals surface area contributed by atoms with Gasteiger partial charge in [0, 0.05) is 20.2 Å². The van der Waals surface area contributed by atoms with Crippen LogP contribution in [0.2, 0.25) is 0 Å². The molecule has 0 radical (unpaired) electrons. The molecule has 0 amide bonds. The summed E-state index contributed by atoms with van der Waals surface area (Å²) in [4.78, 5) is 15.1. The van der Waals surface area contributed by atoms with Crippen LogP contribution in [0.4, 0.5) is 5.69 Å². The molecule has 7 heteroatoms. The highest BCUT2D eigenvalue weighted by molar-refractivity contribution is 9.10. The molecule has 0 aliphatic carbocycles. The standard InChI is InChI=1S/C25H23Br2NO4/c1-3-31-25(29)23-22(16-4-8-18(26)9-5-16)28(20-12-14-21(30-2)15-13-20)24(32-23)17-6-10-19(27)11-7-17/h4-15,22-24H,3H2,1-2H3/t22-,23-,24+/m1/s1. The quantitative estimate of drug-likeness (QED) is 0.325. The molecule has 0 N–H and O–H groups in total. The number of nitrogens with zero attached hydrogens (tertiary/aromatic N) is 1. The molecule has 1 aliphatic heterocycles. The molecule has 0 bridgehead atoms. The Balaban J connectivity index is 1.85. The van der Waals surface area contributed by atoms with Crippen molar-refractivity contribution in [2.24, 2.45) is 0 Å². The van der Waals surface area contributed by atoms with E-state index in [1.54, 1.807) is 14.0 Å². The van der Waals surface area contributed by atoms with E-state index in [9.17, 15) is 4.79 Å². The van der Waals surface area contributed by atoms with Gasteiger partial charge in [-0.05, 0) is 61.0 Å². The van der Waals surface area contributed by atoms with Gasteiger partial charge in [0.2, 0.25) is 0 Å². The van der Waals surface area contributed by atoms with Crippen LogP contribution in [-0.4, -0.2) is 25.8 Å². The van der Waals surface area contributed by atoms with E-state index in [0.29, 0.717) is 0 Å². The molecule has 0 spiro atoms. The largest absolute Gasteiger partial charge is 0.497 e. The fourth-order valence-electron chi connectivity index (χ4n) is 3.89. The predicted molar refractivity (Wildman–Crippen MR) is 131 cm³/mol. The van der Waals surface area contributed by atoms with Crippen molar-refractivity contribution in [3.05, 3.63) is 92.9 Å². The maximum atomic E-state index is 13.0. The first-order valence-electron chi connectivity index (χ1n) is 10.3. The first-order chi connectivity index (χ1) is 15.5. The zero-order chi connectivity index (χ0) is 22.7. The molecule has 5 nitrogen and oxygen atoms in total. The maximum absolute atomic E-state index is 13.0. The second-order valence-electron chi connectivity index (χ2n) is 7.31. The second kappa shape index (κ2) is 10.1. The number of halogens is 2. The average Bonchev–Trinajstić information content (AvgIpc) is 3.21. The zero-order valence-electron chi connectivity index (χ0n) is 17.7. The van der Waals surface area contributed by atoms with Crippen LogP contribution < -0.4 is 9.64 Å². The van der Waals surface area contributed by atoms with Crippen LogP contribution >= 0.6 is 31.9 Å². The number of ether oxygens (including phenoxy) is 3. The van der Waals surface area contributed by atoms with E-state index in [0.717, 1.165) is 31.5 Å². The number of esters is 1. The molecule has 166 valence electrons. The SMILES string of the molecule is CCOC(=O)[C@@H]1O[C@@H](c2ccc(Br)cc2)N(c2ccc(OC)cc2)[C@@H]1c1ccc(Br)cc1. The average molecular weight is 561 g/mol. The molecule has 3 aromatic rings. The lowest BCUT2D eigenvalue weighted by molar-refractivity contribution is -0.156. The summed E-state index contributed by atoms with van der Waals surface area (Å²) in [7, 11) is 1.64. The number of anilines is 1. The first kappa shape index (κ1) is 22.8. The van der Waals surface area contributed by atoms with Crippen LogP contribution in [0, 0.1) is 0 Å². The zero-order valence-corrected chi connectivity index (χ0v) is 20.9. The van der Waals surface area contributed by atoms with Crippen molar-refractivity contribution in [3.8, 4) is 5.75 Å². The number of benzene rings is 3. The molecular weight excluding hydrogens is 538 g/mol. The third-order valence-electron chi connectivity index (χ3n) is 5.37. The van der Waals surface area contributed by atoms with Gasteiger partial charge in [0.1, 0.15) is 5.75 Å². The Morgan fingerprint density at radius 3 is 2.00 bits per heavy atom. The number of rotatable bonds is 6. The fourth-order valence-corrected chi connectivity index (χ4v) is 4.42. The van der Waals surface area contributed by atoms with E-state index in [1.807, 2.05) is 72.8 Å². The van der Waals surface area contributed by atoms with E-state index in [2.05, 4.69) is 36.8 Å². The van der Waals surface area contributed by atoms with E-state index in [4.69, 9.17) is 14.2 Å².